The number of aromatic nitrogens is 4. The zero-order valence-corrected chi connectivity index (χ0v) is 25.5. The average molecular weight is 601 g/mol. The van der Waals surface area contributed by atoms with Gasteiger partial charge >= 0.3 is 0 Å². The maximum absolute atomic E-state index is 5.10. The number of rotatable bonds is 5. The predicted molar refractivity (Wildman–Crippen MR) is 193 cm³/mol. The Bertz CT molecular complexity index is 2530. The van der Waals surface area contributed by atoms with Crippen LogP contribution in [0.5, 0.6) is 0 Å². The van der Waals surface area contributed by atoms with Gasteiger partial charge in [0, 0.05) is 33.2 Å². The van der Waals surface area contributed by atoms with Crippen LogP contribution >= 0.6 is 0 Å². The first-order valence-corrected chi connectivity index (χ1v) is 15.8. The Labute approximate surface area is 272 Å². The second-order valence-corrected chi connectivity index (χ2v) is 11.7. The Hall–Kier alpha value is -6.39. The Morgan fingerprint density at radius 1 is 0.319 bits per heavy atom. The summed E-state index contributed by atoms with van der Waals surface area (Å²) in [6.07, 6.45) is 0. The molecule has 7 aromatic carbocycles. The summed E-state index contributed by atoms with van der Waals surface area (Å²) in [6, 6.07) is 59.3. The van der Waals surface area contributed by atoms with E-state index in [0.717, 1.165) is 44.5 Å². The van der Waals surface area contributed by atoms with Crippen LogP contribution in [0, 0.1) is 0 Å². The second-order valence-electron chi connectivity index (χ2n) is 11.7. The fourth-order valence-corrected chi connectivity index (χ4v) is 6.54. The molecule has 0 bridgehead atoms. The van der Waals surface area contributed by atoms with Crippen molar-refractivity contribution in [1.82, 2.24) is 19.5 Å². The highest BCUT2D eigenvalue weighted by molar-refractivity contribution is 6.09. The van der Waals surface area contributed by atoms with Gasteiger partial charge in [-0.1, -0.05) is 133 Å². The van der Waals surface area contributed by atoms with Crippen LogP contribution in [0.25, 0.3) is 83.6 Å². The van der Waals surface area contributed by atoms with Crippen LogP contribution in [0.2, 0.25) is 0 Å². The molecular weight excluding hydrogens is 573 g/mol. The Balaban J connectivity index is 1.20. The van der Waals surface area contributed by atoms with Gasteiger partial charge in [0.25, 0.3) is 0 Å². The first-order chi connectivity index (χ1) is 23.3. The van der Waals surface area contributed by atoms with E-state index in [-0.39, 0.29) is 0 Å². The van der Waals surface area contributed by atoms with Gasteiger partial charge in [0.05, 0.1) is 11.0 Å². The van der Waals surface area contributed by atoms with Gasteiger partial charge in [0.15, 0.2) is 17.5 Å². The summed E-state index contributed by atoms with van der Waals surface area (Å²) < 4.78 is 2.32. The highest BCUT2D eigenvalue weighted by atomic mass is 15.0. The van der Waals surface area contributed by atoms with Gasteiger partial charge in [-0.15, -0.1) is 0 Å². The Morgan fingerprint density at radius 3 is 1.55 bits per heavy atom. The van der Waals surface area contributed by atoms with Gasteiger partial charge in [-0.3, -0.25) is 0 Å². The molecule has 0 fully saturated rings. The molecule has 0 saturated heterocycles. The van der Waals surface area contributed by atoms with E-state index in [9.17, 15) is 0 Å². The third-order valence-electron chi connectivity index (χ3n) is 8.81. The lowest BCUT2D eigenvalue weighted by atomic mass is 9.99. The minimum Gasteiger partial charge on any atom is -0.309 e. The molecule has 4 heteroatoms. The topological polar surface area (TPSA) is 43.6 Å². The van der Waals surface area contributed by atoms with Gasteiger partial charge in [-0.05, 0) is 58.3 Å². The lowest BCUT2D eigenvalue weighted by molar-refractivity contribution is 1.07. The van der Waals surface area contributed by atoms with Crippen molar-refractivity contribution in [3.05, 3.63) is 170 Å². The molecule has 0 atom stereocenters. The van der Waals surface area contributed by atoms with Crippen molar-refractivity contribution in [2.75, 3.05) is 0 Å². The summed E-state index contributed by atoms with van der Waals surface area (Å²) in [5.74, 6) is 1.91. The predicted octanol–water partition coefficient (Wildman–Crippen LogP) is 10.8. The van der Waals surface area contributed by atoms with Crippen molar-refractivity contribution in [2.24, 2.45) is 0 Å². The van der Waals surface area contributed by atoms with E-state index in [4.69, 9.17) is 15.0 Å². The number of hydrogen-bond donors (Lipinski definition) is 0. The van der Waals surface area contributed by atoms with Gasteiger partial charge in [-0.25, -0.2) is 15.0 Å². The SMILES string of the molecule is c1ccc(-c2nc(-c3cccc(-c4ccc5ccccc5c4)c3)nc(-c3cccc(-n4c5ccccc5c5ccccc54)c3)n2)cc1. The summed E-state index contributed by atoms with van der Waals surface area (Å²) in [6.45, 7) is 0. The molecule has 0 radical (unpaired) electrons. The molecule has 2 aromatic heterocycles. The molecule has 9 rings (SSSR count). The molecule has 0 unspecified atom stereocenters. The molecule has 0 spiro atoms. The van der Waals surface area contributed by atoms with Crippen LogP contribution in [0.3, 0.4) is 0 Å². The standard InChI is InChI=1S/C43H28N4/c1-2-13-30(14-3-1)41-44-42(34-17-10-16-32(27-34)33-25-24-29-12-4-5-15-31(29)26-33)46-43(45-41)35-18-11-19-36(28-35)47-39-22-8-6-20-37(39)38-21-7-9-23-40(38)47/h1-28H. The Kier molecular flexibility index (Phi) is 6.43. The summed E-state index contributed by atoms with van der Waals surface area (Å²) in [5.41, 5.74) is 8.47. The summed E-state index contributed by atoms with van der Waals surface area (Å²) in [5, 5.41) is 4.90. The smallest absolute Gasteiger partial charge is 0.164 e. The molecule has 4 nitrogen and oxygen atoms in total. The zero-order valence-electron chi connectivity index (χ0n) is 25.5. The Morgan fingerprint density at radius 2 is 0.830 bits per heavy atom. The molecular formula is C43H28N4. The lowest BCUT2D eigenvalue weighted by Crippen LogP contribution is -2.01. The molecule has 0 saturated carbocycles. The summed E-state index contributed by atoms with van der Waals surface area (Å²) >= 11 is 0. The van der Waals surface area contributed by atoms with Gasteiger partial charge < -0.3 is 4.57 Å². The fourth-order valence-electron chi connectivity index (χ4n) is 6.54. The van der Waals surface area contributed by atoms with Crippen LogP contribution in [-0.2, 0) is 0 Å². The molecule has 220 valence electrons. The number of benzene rings is 7. The molecule has 0 aliphatic rings. The quantitative estimate of drug-likeness (QED) is 0.197. The van der Waals surface area contributed by atoms with Crippen LogP contribution < -0.4 is 0 Å². The summed E-state index contributed by atoms with van der Waals surface area (Å²) in [4.78, 5) is 15.1. The van der Waals surface area contributed by atoms with Crippen molar-refractivity contribution in [1.29, 1.82) is 0 Å². The average Bonchev–Trinajstić information content (AvgIpc) is 3.49. The minimum atomic E-state index is 0.632. The highest BCUT2D eigenvalue weighted by Gasteiger charge is 2.16. The second kappa shape index (κ2) is 11.2. The van der Waals surface area contributed by atoms with Crippen molar-refractivity contribution < 1.29 is 0 Å². The normalized spacial score (nSPS) is 11.4. The molecule has 9 aromatic rings. The van der Waals surface area contributed by atoms with E-state index in [1.54, 1.807) is 0 Å². The van der Waals surface area contributed by atoms with E-state index >= 15 is 0 Å². The first kappa shape index (κ1) is 27.0. The molecule has 0 aliphatic heterocycles. The molecule has 2 heterocycles. The van der Waals surface area contributed by atoms with Gasteiger partial charge in [0.1, 0.15) is 0 Å². The maximum atomic E-state index is 5.10. The highest BCUT2D eigenvalue weighted by Crippen LogP contribution is 2.34. The van der Waals surface area contributed by atoms with Crippen LogP contribution in [0.15, 0.2) is 170 Å². The van der Waals surface area contributed by atoms with Crippen LogP contribution in [-0.4, -0.2) is 19.5 Å². The van der Waals surface area contributed by atoms with Gasteiger partial charge in [-0.2, -0.15) is 0 Å². The van der Waals surface area contributed by atoms with Crippen molar-refractivity contribution in [2.45, 2.75) is 0 Å². The van der Waals surface area contributed by atoms with Crippen molar-refractivity contribution >= 4 is 32.6 Å². The van der Waals surface area contributed by atoms with E-state index in [2.05, 4.69) is 144 Å². The molecule has 0 aliphatic carbocycles. The van der Waals surface area contributed by atoms with E-state index in [0.29, 0.717) is 17.5 Å². The summed E-state index contributed by atoms with van der Waals surface area (Å²) in [7, 11) is 0. The third-order valence-corrected chi connectivity index (χ3v) is 8.81. The monoisotopic (exact) mass is 600 g/mol. The van der Waals surface area contributed by atoms with Crippen molar-refractivity contribution in [3.8, 4) is 51.0 Å². The van der Waals surface area contributed by atoms with Crippen LogP contribution in [0.1, 0.15) is 0 Å². The van der Waals surface area contributed by atoms with Gasteiger partial charge in [0.2, 0.25) is 0 Å². The number of fused-ring (bicyclic) bond motifs is 4. The first-order valence-electron chi connectivity index (χ1n) is 15.8. The van der Waals surface area contributed by atoms with E-state index in [1.807, 2.05) is 30.3 Å². The molecule has 0 amide bonds. The van der Waals surface area contributed by atoms with E-state index < -0.39 is 0 Å². The zero-order chi connectivity index (χ0) is 31.2. The minimum absolute atomic E-state index is 0.632. The van der Waals surface area contributed by atoms with Crippen LogP contribution in [0.4, 0.5) is 0 Å². The third kappa shape index (κ3) is 4.84. The van der Waals surface area contributed by atoms with Crippen molar-refractivity contribution in [3.63, 3.8) is 0 Å². The number of para-hydroxylation sites is 2. The number of hydrogen-bond acceptors (Lipinski definition) is 3. The lowest BCUT2D eigenvalue weighted by Gasteiger charge is -2.12. The number of nitrogens with zero attached hydrogens (tertiary/aromatic N) is 4. The fraction of sp³-hybridized carbons (Fsp3) is 0. The molecule has 0 N–H and O–H groups in total. The molecule has 47 heavy (non-hydrogen) atoms. The van der Waals surface area contributed by atoms with E-state index in [1.165, 1.54) is 21.5 Å². The maximum Gasteiger partial charge on any atom is 0.164 e. The largest absolute Gasteiger partial charge is 0.309 e.